The van der Waals surface area contributed by atoms with Gasteiger partial charge in [-0.1, -0.05) is 0 Å². The summed E-state index contributed by atoms with van der Waals surface area (Å²) in [7, 11) is 0. The van der Waals surface area contributed by atoms with Crippen molar-refractivity contribution in [2.45, 2.75) is 25.8 Å². The molecule has 2 rings (SSSR count). The standard InChI is InChI=1S/C13H18N2O2/c1-9(16)12-5-4-10(7-13(12)14)15-11-3-2-6-17-8-11/h4-5,7,11,15H,2-3,6,8,14H2,1H3. The molecule has 3 N–H and O–H groups in total. The fourth-order valence-electron chi connectivity index (χ4n) is 2.06. The summed E-state index contributed by atoms with van der Waals surface area (Å²) in [6.07, 6.45) is 2.19. The third-order valence-electron chi connectivity index (χ3n) is 2.96. The Morgan fingerprint density at radius 3 is 2.94 bits per heavy atom. The van der Waals surface area contributed by atoms with Crippen molar-refractivity contribution in [1.82, 2.24) is 0 Å². The van der Waals surface area contributed by atoms with E-state index in [4.69, 9.17) is 10.5 Å². The van der Waals surface area contributed by atoms with Crippen LogP contribution in [0.1, 0.15) is 30.1 Å². The average Bonchev–Trinajstić information content (AvgIpc) is 2.30. The van der Waals surface area contributed by atoms with Gasteiger partial charge in [-0.2, -0.15) is 0 Å². The Balaban J connectivity index is 2.06. The Bertz CT molecular complexity index is 412. The van der Waals surface area contributed by atoms with Gasteiger partial charge < -0.3 is 15.8 Å². The number of rotatable bonds is 3. The average molecular weight is 234 g/mol. The number of Topliss-reactive ketones (excluding diaryl/α,β-unsaturated/α-hetero) is 1. The van der Waals surface area contributed by atoms with Crippen LogP contribution >= 0.6 is 0 Å². The maximum Gasteiger partial charge on any atom is 0.161 e. The summed E-state index contributed by atoms with van der Waals surface area (Å²) in [6, 6.07) is 5.81. The molecule has 0 saturated carbocycles. The van der Waals surface area contributed by atoms with Crippen molar-refractivity contribution in [2.24, 2.45) is 0 Å². The molecule has 0 aliphatic carbocycles. The lowest BCUT2D eigenvalue weighted by atomic mass is 10.1. The highest BCUT2D eigenvalue weighted by Gasteiger charge is 2.14. The van der Waals surface area contributed by atoms with Crippen LogP contribution in [0, 0.1) is 0 Å². The molecule has 1 aromatic rings. The number of nitrogens with two attached hydrogens (primary N) is 1. The van der Waals surface area contributed by atoms with Crippen molar-refractivity contribution < 1.29 is 9.53 Å². The highest BCUT2D eigenvalue weighted by Crippen LogP contribution is 2.20. The van der Waals surface area contributed by atoms with Crippen LogP contribution in [0.3, 0.4) is 0 Å². The third-order valence-corrected chi connectivity index (χ3v) is 2.96. The topological polar surface area (TPSA) is 64.3 Å². The molecule has 4 nitrogen and oxygen atoms in total. The molecule has 1 aromatic carbocycles. The van der Waals surface area contributed by atoms with E-state index in [1.807, 2.05) is 12.1 Å². The van der Waals surface area contributed by atoms with Crippen LogP contribution < -0.4 is 11.1 Å². The lowest BCUT2D eigenvalue weighted by Gasteiger charge is -2.24. The smallest absolute Gasteiger partial charge is 0.161 e. The van der Waals surface area contributed by atoms with Crippen LogP contribution in [0.2, 0.25) is 0 Å². The van der Waals surface area contributed by atoms with Gasteiger partial charge >= 0.3 is 0 Å². The van der Waals surface area contributed by atoms with Crippen LogP contribution in [-0.2, 0) is 4.74 Å². The van der Waals surface area contributed by atoms with Gasteiger partial charge in [0.15, 0.2) is 5.78 Å². The molecule has 4 heteroatoms. The Kier molecular flexibility index (Phi) is 3.64. The van der Waals surface area contributed by atoms with E-state index in [0.717, 1.165) is 31.7 Å². The highest BCUT2D eigenvalue weighted by molar-refractivity contribution is 5.99. The van der Waals surface area contributed by atoms with E-state index < -0.39 is 0 Å². The normalized spacial score (nSPS) is 19.9. The second-order valence-electron chi connectivity index (χ2n) is 4.42. The number of hydrogen-bond acceptors (Lipinski definition) is 4. The van der Waals surface area contributed by atoms with E-state index in [1.54, 1.807) is 6.07 Å². The van der Waals surface area contributed by atoms with Crippen molar-refractivity contribution in [3.05, 3.63) is 23.8 Å². The molecule has 1 atom stereocenters. The molecular weight excluding hydrogens is 216 g/mol. The Morgan fingerprint density at radius 2 is 2.35 bits per heavy atom. The first kappa shape index (κ1) is 11.9. The molecule has 0 spiro atoms. The first-order valence-corrected chi connectivity index (χ1v) is 5.91. The number of carbonyl (C=O) groups excluding carboxylic acids is 1. The van der Waals surface area contributed by atoms with Crippen LogP contribution in [-0.4, -0.2) is 25.0 Å². The lowest BCUT2D eigenvalue weighted by molar-refractivity contribution is 0.0876. The minimum Gasteiger partial charge on any atom is -0.398 e. The van der Waals surface area contributed by atoms with Crippen molar-refractivity contribution in [3.63, 3.8) is 0 Å². The molecule has 1 heterocycles. The van der Waals surface area contributed by atoms with Crippen molar-refractivity contribution in [3.8, 4) is 0 Å². The minimum absolute atomic E-state index is 0.00458. The molecule has 1 saturated heterocycles. The van der Waals surface area contributed by atoms with Crippen LogP contribution in [0.4, 0.5) is 11.4 Å². The molecule has 1 unspecified atom stereocenters. The number of ketones is 1. The predicted octanol–water partition coefficient (Wildman–Crippen LogP) is 2.06. The van der Waals surface area contributed by atoms with E-state index in [9.17, 15) is 4.79 Å². The SMILES string of the molecule is CC(=O)c1ccc(NC2CCCOC2)cc1N. The highest BCUT2D eigenvalue weighted by atomic mass is 16.5. The quantitative estimate of drug-likeness (QED) is 0.620. The molecule has 0 bridgehead atoms. The summed E-state index contributed by atoms with van der Waals surface area (Å²) in [4.78, 5) is 11.2. The van der Waals surface area contributed by atoms with Gasteiger partial charge in [0.05, 0.1) is 6.61 Å². The second kappa shape index (κ2) is 5.19. The monoisotopic (exact) mass is 234 g/mol. The minimum atomic E-state index is -0.00458. The Morgan fingerprint density at radius 1 is 1.53 bits per heavy atom. The molecule has 1 aliphatic rings. The fraction of sp³-hybridized carbons (Fsp3) is 0.462. The van der Waals surface area contributed by atoms with Crippen molar-refractivity contribution in [2.75, 3.05) is 24.3 Å². The predicted molar refractivity (Wildman–Crippen MR) is 68.3 cm³/mol. The summed E-state index contributed by atoms with van der Waals surface area (Å²) < 4.78 is 5.40. The van der Waals surface area contributed by atoms with Gasteiger partial charge in [0, 0.05) is 29.6 Å². The zero-order valence-corrected chi connectivity index (χ0v) is 10.0. The van der Waals surface area contributed by atoms with E-state index in [2.05, 4.69) is 5.32 Å². The Labute approximate surface area is 101 Å². The number of benzene rings is 1. The van der Waals surface area contributed by atoms with E-state index in [0.29, 0.717) is 17.3 Å². The van der Waals surface area contributed by atoms with Crippen LogP contribution in [0.5, 0.6) is 0 Å². The summed E-state index contributed by atoms with van der Waals surface area (Å²) in [6.45, 7) is 3.10. The first-order chi connectivity index (χ1) is 8.16. The van der Waals surface area contributed by atoms with Gasteiger partial charge in [-0.25, -0.2) is 0 Å². The number of nitrogens with one attached hydrogen (secondary N) is 1. The molecule has 1 aliphatic heterocycles. The fourth-order valence-corrected chi connectivity index (χ4v) is 2.06. The number of carbonyl (C=O) groups is 1. The number of anilines is 2. The molecule has 92 valence electrons. The van der Waals surface area contributed by atoms with Crippen LogP contribution in [0.15, 0.2) is 18.2 Å². The summed E-state index contributed by atoms with van der Waals surface area (Å²) >= 11 is 0. The number of ether oxygens (including phenoxy) is 1. The van der Waals surface area contributed by atoms with E-state index in [1.165, 1.54) is 6.92 Å². The van der Waals surface area contributed by atoms with Gasteiger partial charge in [0.1, 0.15) is 0 Å². The molecular formula is C13H18N2O2. The molecule has 0 amide bonds. The third kappa shape index (κ3) is 2.97. The second-order valence-corrected chi connectivity index (χ2v) is 4.42. The molecule has 0 radical (unpaired) electrons. The van der Waals surface area contributed by atoms with Crippen molar-refractivity contribution >= 4 is 17.2 Å². The molecule has 17 heavy (non-hydrogen) atoms. The van der Waals surface area contributed by atoms with Gasteiger partial charge in [0.2, 0.25) is 0 Å². The van der Waals surface area contributed by atoms with Gasteiger partial charge in [-0.3, -0.25) is 4.79 Å². The maximum absolute atomic E-state index is 11.2. The zero-order chi connectivity index (χ0) is 12.3. The number of hydrogen-bond donors (Lipinski definition) is 2. The summed E-state index contributed by atoms with van der Waals surface area (Å²) in [5.41, 5.74) is 7.89. The maximum atomic E-state index is 11.2. The first-order valence-electron chi connectivity index (χ1n) is 5.91. The van der Waals surface area contributed by atoms with E-state index in [-0.39, 0.29) is 5.78 Å². The summed E-state index contributed by atoms with van der Waals surface area (Å²) in [5, 5.41) is 3.37. The van der Waals surface area contributed by atoms with Gasteiger partial charge in [0.25, 0.3) is 0 Å². The molecule has 0 aromatic heterocycles. The largest absolute Gasteiger partial charge is 0.398 e. The summed E-state index contributed by atoms with van der Waals surface area (Å²) in [5.74, 6) is -0.00458. The van der Waals surface area contributed by atoms with Gasteiger partial charge in [-0.15, -0.1) is 0 Å². The zero-order valence-electron chi connectivity index (χ0n) is 10.0. The molecule has 1 fully saturated rings. The van der Waals surface area contributed by atoms with Gasteiger partial charge in [-0.05, 0) is 38.0 Å². The van der Waals surface area contributed by atoms with E-state index >= 15 is 0 Å². The van der Waals surface area contributed by atoms with Crippen molar-refractivity contribution in [1.29, 1.82) is 0 Å². The number of nitrogen functional groups attached to an aromatic ring is 1. The van der Waals surface area contributed by atoms with Crippen LogP contribution in [0.25, 0.3) is 0 Å². The Hall–Kier alpha value is -1.55. The lowest BCUT2D eigenvalue weighted by Crippen LogP contribution is -2.29.